The predicted molar refractivity (Wildman–Crippen MR) is 309 cm³/mol. The lowest BCUT2D eigenvalue weighted by atomic mass is 9.58. The van der Waals surface area contributed by atoms with Crippen molar-refractivity contribution in [3.63, 3.8) is 0 Å². The van der Waals surface area contributed by atoms with Gasteiger partial charge < -0.3 is 14.8 Å². The first kappa shape index (κ1) is 44.6. The van der Waals surface area contributed by atoms with Crippen LogP contribution in [0.4, 0.5) is 28.4 Å². The number of hydrogen-bond donors (Lipinski definition) is 1. The summed E-state index contributed by atoms with van der Waals surface area (Å²) in [4.78, 5) is 2.49. The number of aromatic nitrogens is 1. The van der Waals surface area contributed by atoms with Gasteiger partial charge in [0.25, 0.3) is 0 Å². The van der Waals surface area contributed by atoms with E-state index in [-0.39, 0.29) is 21.7 Å². The quantitative estimate of drug-likeness (QED) is 0.168. The molecule has 9 aromatic carbocycles. The minimum Gasteiger partial charge on any atom is -0.355 e. The summed E-state index contributed by atoms with van der Waals surface area (Å²) in [5.41, 5.74) is 25.1. The fraction of sp³-hybridized carbons (Fsp3) is 0.235. The number of fused-ring (bicyclic) bond motifs is 10. The van der Waals surface area contributed by atoms with Crippen molar-refractivity contribution in [1.82, 2.24) is 4.57 Å². The van der Waals surface area contributed by atoms with Gasteiger partial charge in [-0.15, -0.1) is 0 Å². The number of nitrogens with one attached hydrogen (secondary N) is 1. The molecule has 1 radical (unpaired) electrons. The van der Waals surface area contributed by atoms with Gasteiger partial charge in [0.2, 0.25) is 0 Å². The zero-order valence-electron chi connectivity index (χ0n) is 43.6. The lowest BCUT2D eigenvalue weighted by molar-refractivity contribution is 0.331. The minimum absolute atomic E-state index is 0.0423. The lowest BCUT2D eigenvalue weighted by Gasteiger charge is -2.42. The highest BCUT2D eigenvalue weighted by Crippen LogP contribution is 2.57. The number of nitrogens with zero attached hydrogens (tertiary/aromatic N) is 2. The molecule has 0 bridgehead atoms. The highest BCUT2D eigenvalue weighted by molar-refractivity contribution is 6.73. The molecule has 0 saturated heterocycles. The highest BCUT2D eigenvalue weighted by Gasteiger charge is 2.43. The molecule has 0 unspecified atom stereocenters. The van der Waals surface area contributed by atoms with Gasteiger partial charge in [0.1, 0.15) is 0 Å². The molecule has 72 heavy (non-hydrogen) atoms. The molecular formula is C68H63BN3. The Labute approximate surface area is 426 Å². The summed E-state index contributed by atoms with van der Waals surface area (Å²) in [6.07, 6.45) is 2.37. The second-order valence-electron chi connectivity index (χ2n) is 24.1. The molecule has 0 atom stereocenters. The van der Waals surface area contributed by atoms with E-state index in [9.17, 15) is 0 Å². The van der Waals surface area contributed by atoms with E-state index in [4.69, 9.17) is 0 Å². The largest absolute Gasteiger partial charge is 0.355 e. The van der Waals surface area contributed by atoms with Gasteiger partial charge >= 0.3 is 0 Å². The Kier molecular flexibility index (Phi) is 9.67. The standard InChI is InChI=1S/C68H63BN3/c1-41-25-30-59-57(33-41)69-63-51(39-61(71(46-21-13-11-14-22-46)47-23-15-12-16-24-47)62-52-34-42-19-17-18-20-43(42)35-60(52)72(59)64(62)63)50-37-53-49(38-58(50)70-45-28-26-44(27-29-45)65(2,3)4)48-36-55-56(40-54(48)68(53,9)10)67(7,8)32-31-66(55,5)6/h11-30,33-40,70H,31-32H2,1-10H3. The zero-order chi connectivity index (χ0) is 49.6. The van der Waals surface area contributed by atoms with E-state index in [2.05, 4.69) is 261 Å². The van der Waals surface area contributed by atoms with Crippen LogP contribution in [0.3, 0.4) is 0 Å². The van der Waals surface area contributed by atoms with Gasteiger partial charge in [-0.3, -0.25) is 0 Å². The molecule has 10 aromatic rings. The first-order chi connectivity index (χ1) is 34.5. The summed E-state index contributed by atoms with van der Waals surface area (Å²) >= 11 is 0. The van der Waals surface area contributed by atoms with Gasteiger partial charge in [-0.2, -0.15) is 0 Å². The van der Waals surface area contributed by atoms with Crippen LogP contribution in [-0.2, 0) is 21.7 Å². The third-order valence-corrected chi connectivity index (χ3v) is 17.0. The molecule has 1 aromatic heterocycles. The molecule has 353 valence electrons. The van der Waals surface area contributed by atoms with Crippen LogP contribution in [-0.4, -0.2) is 11.8 Å². The van der Waals surface area contributed by atoms with Crippen LogP contribution in [0.25, 0.3) is 60.5 Å². The van der Waals surface area contributed by atoms with E-state index in [0.717, 1.165) is 28.4 Å². The molecule has 0 fully saturated rings. The van der Waals surface area contributed by atoms with E-state index < -0.39 is 0 Å². The number of aryl methyl sites for hydroxylation is 1. The Hall–Kier alpha value is -7.30. The van der Waals surface area contributed by atoms with Gasteiger partial charge in [-0.05, 0) is 176 Å². The van der Waals surface area contributed by atoms with Crippen molar-refractivity contribution in [3.8, 4) is 27.9 Å². The molecule has 1 aliphatic heterocycles. The first-order valence-electron chi connectivity index (χ1n) is 26.1. The van der Waals surface area contributed by atoms with Crippen LogP contribution in [0, 0.1) is 6.92 Å². The SMILES string of the molecule is Cc1ccc2c(c1)[B]c1c(-c3cc4c(cc3Nc3ccc(C(C)(C)C)cc3)-c3cc5c(cc3C4(C)C)C(C)(C)CCC5(C)C)cc(N(c3ccccc3)c3ccccc3)c3c4cc5ccccc5cc4n-2c13. The minimum atomic E-state index is -0.244. The van der Waals surface area contributed by atoms with Crippen molar-refractivity contribution in [3.05, 3.63) is 203 Å². The number of anilines is 5. The Bertz CT molecular complexity index is 3830. The summed E-state index contributed by atoms with van der Waals surface area (Å²) in [5, 5.41) is 9.06. The van der Waals surface area contributed by atoms with E-state index in [1.54, 1.807) is 0 Å². The van der Waals surface area contributed by atoms with Gasteiger partial charge in [-0.1, -0.05) is 164 Å². The van der Waals surface area contributed by atoms with E-state index in [0.29, 0.717) is 0 Å². The van der Waals surface area contributed by atoms with Crippen LogP contribution in [0.15, 0.2) is 170 Å². The second kappa shape index (κ2) is 15.6. The van der Waals surface area contributed by atoms with E-state index in [1.165, 1.54) is 118 Å². The van der Waals surface area contributed by atoms with Gasteiger partial charge in [0.05, 0.1) is 16.7 Å². The molecular weight excluding hydrogens is 870 g/mol. The van der Waals surface area contributed by atoms with E-state index >= 15 is 0 Å². The summed E-state index contributed by atoms with van der Waals surface area (Å²) in [5.74, 6) is 0. The topological polar surface area (TPSA) is 20.2 Å². The van der Waals surface area contributed by atoms with Crippen LogP contribution in [0.5, 0.6) is 0 Å². The Morgan fingerprint density at radius 2 is 1.14 bits per heavy atom. The second-order valence-corrected chi connectivity index (χ2v) is 24.1. The van der Waals surface area contributed by atoms with Crippen molar-refractivity contribution < 1.29 is 0 Å². The molecule has 3 nitrogen and oxygen atoms in total. The van der Waals surface area contributed by atoms with Gasteiger partial charge in [0, 0.05) is 50.2 Å². The van der Waals surface area contributed by atoms with Gasteiger partial charge in [-0.25, -0.2) is 0 Å². The normalized spacial score (nSPS) is 15.7. The highest BCUT2D eigenvalue weighted by atomic mass is 15.1. The van der Waals surface area contributed by atoms with Crippen LogP contribution >= 0.6 is 0 Å². The maximum Gasteiger partial charge on any atom is 0.197 e. The number of benzene rings is 9. The van der Waals surface area contributed by atoms with Crippen LogP contribution in [0.2, 0.25) is 0 Å². The average Bonchev–Trinajstić information content (AvgIpc) is 3.80. The maximum absolute atomic E-state index is 4.12. The molecule has 2 aliphatic carbocycles. The van der Waals surface area contributed by atoms with Crippen LogP contribution < -0.4 is 21.1 Å². The van der Waals surface area contributed by atoms with Crippen LogP contribution in [0.1, 0.15) is 109 Å². The molecule has 2 heterocycles. The molecule has 3 aliphatic rings. The summed E-state index contributed by atoms with van der Waals surface area (Å²) in [6.45, 7) is 23.8. The number of rotatable bonds is 6. The Morgan fingerprint density at radius 1 is 0.556 bits per heavy atom. The Balaban J connectivity index is 1.17. The molecule has 4 heteroatoms. The lowest BCUT2D eigenvalue weighted by Crippen LogP contribution is -2.37. The monoisotopic (exact) mass is 933 g/mol. The fourth-order valence-electron chi connectivity index (χ4n) is 12.8. The van der Waals surface area contributed by atoms with Gasteiger partial charge in [0.15, 0.2) is 7.28 Å². The third kappa shape index (κ3) is 6.78. The van der Waals surface area contributed by atoms with Crippen molar-refractivity contribution in [2.45, 2.75) is 104 Å². The Morgan fingerprint density at radius 3 is 1.79 bits per heavy atom. The van der Waals surface area contributed by atoms with Crippen molar-refractivity contribution in [1.29, 1.82) is 0 Å². The van der Waals surface area contributed by atoms with Crippen molar-refractivity contribution in [2.75, 3.05) is 10.2 Å². The third-order valence-electron chi connectivity index (χ3n) is 17.0. The van der Waals surface area contributed by atoms with E-state index in [1.807, 2.05) is 0 Å². The number of para-hydroxylation sites is 2. The summed E-state index contributed by atoms with van der Waals surface area (Å²) in [7, 11) is 2.49. The smallest absolute Gasteiger partial charge is 0.197 e. The molecule has 0 amide bonds. The summed E-state index contributed by atoms with van der Waals surface area (Å²) < 4.78 is 2.59. The predicted octanol–water partition coefficient (Wildman–Crippen LogP) is 17.0. The summed E-state index contributed by atoms with van der Waals surface area (Å²) in [6, 6.07) is 64.6. The molecule has 13 rings (SSSR count). The fourth-order valence-corrected chi connectivity index (χ4v) is 12.8. The molecule has 0 saturated carbocycles. The maximum atomic E-state index is 4.12. The van der Waals surface area contributed by atoms with Crippen molar-refractivity contribution in [2.24, 2.45) is 0 Å². The first-order valence-corrected chi connectivity index (χ1v) is 26.1. The molecule has 1 N–H and O–H groups in total. The number of hydrogen-bond acceptors (Lipinski definition) is 2. The zero-order valence-corrected chi connectivity index (χ0v) is 43.6. The molecule has 0 spiro atoms. The average molecular weight is 933 g/mol. The van der Waals surface area contributed by atoms with Crippen molar-refractivity contribution >= 4 is 79.2 Å².